The molecule has 2 N–H and O–H groups in total. The number of hydrogen-bond donors (Lipinski definition) is 2. The van der Waals surface area contributed by atoms with E-state index in [9.17, 15) is 19.8 Å². The second-order valence-corrected chi connectivity index (χ2v) is 4.60. The first-order valence-electron chi connectivity index (χ1n) is 6.76. The highest BCUT2D eigenvalue weighted by Gasteiger charge is 2.07. The number of nitrogens with zero attached hydrogens (tertiary/aromatic N) is 2. The standard InChI is InChI=1S/C17H14N2O4/c20-14-7-3-1-5-12(14)10-18-16(22)9-17(23)19-11-13-6-2-4-8-15(13)21/h1-8,10-11,20-21H,9H2. The molecule has 2 amide bonds. The monoisotopic (exact) mass is 310 g/mol. The Balaban J connectivity index is 1.94. The van der Waals surface area contributed by atoms with Gasteiger partial charge >= 0.3 is 0 Å². The fourth-order valence-electron chi connectivity index (χ4n) is 1.70. The molecule has 0 aromatic heterocycles. The molecule has 23 heavy (non-hydrogen) atoms. The minimum absolute atomic E-state index is 0.00653. The van der Waals surface area contributed by atoms with Gasteiger partial charge in [-0.3, -0.25) is 9.59 Å². The lowest BCUT2D eigenvalue weighted by molar-refractivity contribution is -0.125. The summed E-state index contributed by atoms with van der Waals surface area (Å²) in [5.41, 5.74) is 0.761. The third-order valence-corrected chi connectivity index (χ3v) is 2.87. The number of benzene rings is 2. The molecule has 6 nitrogen and oxygen atoms in total. The topological polar surface area (TPSA) is 99.3 Å². The van der Waals surface area contributed by atoms with E-state index in [2.05, 4.69) is 9.98 Å². The fourth-order valence-corrected chi connectivity index (χ4v) is 1.70. The van der Waals surface area contributed by atoms with Crippen molar-refractivity contribution < 1.29 is 19.8 Å². The van der Waals surface area contributed by atoms with Crippen LogP contribution in [0.1, 0.15) is 17.5 Å². The number of phenolic OH excluding ortho intramolecular Hbond substituents is 2. The van der Waals surface area contributed by atoms with E-state index >= 15 is 0 Å². The Morgan fingerprint density at radius 3 is 1.57 bits per heavy atom. The van der Waals surface area contributed by atoms with Gasteiger partial charge in [-0.15, -0.1) is 0 Å². The third-order valence-electron chi connectivity index (χ3n) is 2.87. The lowest BCUT2D eigenvalue weighted by Crippen LogP contribution is -2.04. The number of phenols is 2. The van der Waals surface area contributed by atoms with E-state index in [1.807, 2.05) is 0 Å². The highest BCUT2D eigenvalue weighted by molar-refractivity contribution is 6.05. The minimum Gasteiger partial charge on any atom is -0.507 e. The molecule has 2 aromatic rings. The maximum Gasteiger partial charge on any atom is 0.255 e. The van der Waals surface area contributed by atoms with Crippen LogP contribution in [0.5, 0.6) is 11.5 Å². The number of para-hydroxylation sites is 2. The van der Waals surface area contributed by atoms with Gasteiger partial charge in [0.2, 0.25) is 0 Å². The normalized spacial score (nSPS) is 11.1. The molecule has 0 heterocycles. The van der Waals surface area contributed by atoms with Gasteiger partial charge in [0, 0.05) is 23.6 Å². The molecule has 0 aliphatic heterocycles. The molecule has 2 rings (SSSR count). The second kappa shape index (κ2) is 7.65. The van der Waals surface area contributed by atoms with Crippen LogP contribution in [0.15, 0.2) is 58.5 Å². The van der Waals surface area contributed by atoms with Crippen LogP contribution in [0.25, 0.3) is 0 Å². The van der Waals surface area contributed by atoms with E-state index in [-0.39, 0.29) is 11.5 Å². The summed E-state index contributed by atoms with van der Waals surface area (Å²) in [6.07, 6.45) is 1.89. The predicted molar refractivity (Wildman–Crippen MR) is 86.0 cm³/mol. The Morgan fingerprint density at radius 2 is 1.17 bits per heavy atom. The smallest absolute Gasteiger partial charge is 0.255 e. The Bertz CT molecular complexity index is 716. The van der Waals surface area contributed by atoms with E-state index in [4.69, 9.17) is 0 Å². The molecule has 2 aromatic carbocycles. The van der Waals surface area contributed by atoms with Crippen LogP contribution in [0.4, 0.5) is 0 Å². The summed E-state index contributed by atoms with van der Waals surface area (Å²) in [6, 6.07) is 12.8. The molecule has 0 atom stereocenters. The van der Waals surface area contributed by atoms with E-state index in [0.717, 1.165) is 0 Å². The first-order valence-corrected chi connectivity index (χ1v) is 6.76. The Kier molecular flexibility index (Phi) is 5.35. The first kappa shape index (κ1) is 16.1. The molecule has 0 aliphatic carbocycles. The second-order valence-electron chi connectivity index (χ2n) is 4.60. The van der Waals surface area contributed by atoms with Gasteiger partial charge in [-0.2, -0.15) is 0 Å². The van der Waals surface area contributed by atoms with Crippen LogP contribution in [0, 0.1) is 0 Å². The highest BCUT2D eigenvalue weighted by atomic mass is 16.3. The number of aliphatic imine (C=N–C) groups is 2. The third kappa shape index (κ3) is 4.89. The van der Waals surface area contributed by atoms with Gasteiger partial charge in [0.25, 0.3) is 11.8 Å². The quantitative estimate of drug-likeness (QED) is 0.667. The number of hydrogen-bond acceptors (Lipinski definition) is 4. The van der Waals surface area contributed by atoms with Crippen LogP contribution in [0.3, 0.4) is 0 Å². The fraction of sp³-hybridized carbons (Fsp3) is 0.0588. The van der Waals surface area contributed by atoms with E-state index in [0.29, 0.717) is 11.1 Å². The molecular weight excluding hydrogens is 296 g/mol. The molecule has 0 saturated heterocycles. The average Bonchev–Trinajstić information content (AvgIpc) is 2.53. The van der Waals surface area contributed by atoms with Gasteiger partial charge in [0.15, 0.2) is 0 Å². The summed E-state index contributed by atoms with van der Waals surface area (Å²) in [5.74, 6) is -1.36. The number of amides is 2. The van der Waals surface area contributed by atoms with Crippen molar-refractivity contribution in [3.63, 3.8) is 0 Å². The van der Waals surface area contributed by atoms with Crippen LogP contribution < -0.4 is 0 Å². The van der Waals surface area contributed by atoms with Crippen molar-refractivity contribution in [2.24, 2.45) is 9.98 Å². The average molecular weight is 310 g/mol. The number of carbonyl (C=O) groups is 2. The molecule has 0 radical (unpaired) electrons. The SMILES string of the molecule is O=C(CC(=O)N=Cc1ccccc1O)N=Cc1ccccc1O. The molecular formula is C17H14N2O4. The van der Waals surface area contributed by atoms with Gasteiger partial charge in [-0.25, -0.2) is 9.98 Å². The van der Waals surface area contributed by atoms with E-state index < -0.39 is 18.2 Å². The zero-order valence-corrected chi connectivity index (χ0v) is 12.1. The number of carbonyl (C=O) groups excluding carboxylic acids is 2. The molecule has 0 aliphatic rings. The van der Waals surface area contributed by atoms with Crippen molar-refractivity contribution in [3.05, 3.63) is 59.7 Å². The summed E-state index contributed by atoms with van der Waals surface area (Å²) in [5, 5.41) is 19.0. The van der Waals surface area contributed by atoms with Gasteiger partial charge < -0.3 is 10.2 Å². The predicted octanol–water partition coefficient (Wildman–Crippen LogP) is 2.08. The molecule has 0 fully saturated rings. The van der Waals surface area contributed by atoms with Gasteiger partial charge in [-0.05, 0) is 24.3 Å². The first-order chi connectivity index (χ1) is 11.1. The van der Waals surface area contributed by atoms with E-state index in [1.165, 1.54) is 24.6 Å². The lowest BCUT2D eigenvalue weighted by atomic mass is 10.2. The number of aromatic hydroxyl groups is 2. The summed E-state index contributed by atoms with van der Waals surface area (Å²) in [6.45, 7) is 0. The largest absolute Gasteiger partial charge is 0.507 e. The van der Waals surface area contributed by atoms with Crippen LogP contribution in [0.2, 0.25) is 0 Å². The molecule has 116 valence electrons. The summed E-state index contributed by atoms with van der Waals surface area (Å²) in [4.78, 5) is 30.4. The Morgan fingerprint density at radius 1 is 0.783 bits per heavy atom. The van der Waals surface area contributed by atoms with Crippen molar-refractivity contribution >= 4 is 24.2 Å². The van der Waals surface area contributed by atoms with Gasteiger partial charge in [0.05, 0.1) is 0 Å². The molecule has 0 bridgehead atoms. The zero-order chi connectivity index (χ0) is 16.7. The van der Waals surface area contributed by atoms with Crippen molar-refractivity contribution in [1.29, 1.82) is 0 Å². The summed E-state index contributed by atoms with van der Waals surface area (Å²) >= 11 is 0. The van der Waals surface area contributed by atoms with Crippen LogP contribution in [-0.4, -0.2) is 34.5 Å². The Labute approximate surface area is 132 Å². The molecule has 0 saturated carbocycles. The summed E-state index contributed by atoms with van der Waals surface area (Å²) in [7, 11) is 0. The van der Waals surface area contributed by atoms with Crippen molar-refractivity contribution in [2.75, 3.05) is 0 Å². The zero-order valence-electron chi connectivity index (χ0n) is 12.1. The van der Waals surface area contributed by atoms with Gasteiger partial charge in [0.1, 0.15) is 17.9 Å². The van der Waals surface area contributed by atoms with Crippen molar-refractivity contribution in [3.8, 4) is 11.5 Å². The van der Waals surface area contributed by atoms with Crippen LogP contribution >= 0.6 is 0 Å². The Hall–Kier alpha value is -3.28. The highest BCUT2D eigenvalue weighted by Crippen LogP contribution is 2.13. The summed E-state index contributed by atoms with van der Waals surface area (Å²) < 4.78 is 0. The van der Waals surface area contributed by atoms with Crippen molar-refractivity contribution in [2.45, 2.75) is 6.42 Å². The maximum absolute atomic E-state index is 11.6. The van der Waals surface area contributed by atoms with Crippen LogP contribution in [-0.2, 0) is 9.59 Å². The maximum atomic E-state index is 11.6. The lowest BCUT2D eigenvalue weighted by Gasteiger charge is -1.97. The number of rotatable bonds is 4. The minimum atomic E-state index is -0.673. The molecule has 0 unspecified atom stereocenters. The van der Waals surface area contributed by atoms with Gasteiger partial charge in [-0.1, -0.05) is 24.3 Å². The van der Waals surface area contributed by atoms with E-state index in [1.54, 1.807) is 36.4 Å². The molecule has 6 heteroatoms. The van der Waals surface area contributed by atoms with Crippen molar-refractivity contribution in [1.82, 2.24) is 0 Å². The molecule has 0 spiro atoms.